The van der Waals surface area contributed by atoms with E-state index in [9.17, 15) is 13.6 Å². The smallest absolute Gasteiger partial charge is 0.487 e. The van der Waals surface area contributed by atoms with E-state index in [-0.39, 0.29) is 23.1 Å². The molecule has 2 aromatic carbocycles. The summed E-state index contributed by atoms with van der Waals surface area (Å²) in [5.41, 5.74) is -0.571. The van der Waals surface area contributed by atoms with Crippen molar-refractivity contribution in [2.24, 2.45) is 5.92 Å². The summed E-state index contributed by atoms with van der Waals surface area (Å²) in [5.74, 6) is -1.37. The Morgan fingerprint density at radius 1 is 1.06 bits per heavy atom. The van der Waals surface area contributed by atoms with E-state index in [1.807, 2.05) is 34.6 Å². The summed E-state index contributed by atoms with van der Waals surface area (Å²) >= 11 is 0. The minimum absolute atomic E-state index is 0.0586. The van der Waals surface area contributed by atoms with E-state index >= 15 is 0 Å². The van der Waals surface area contributed by atoms with Crippen LogP contribution in [0.2, 0.25) is 0 Å². The molecule has 1 N–H and O–H groups in total. The second-order valence-corrected chi connectivity index (χ2v) is 9.59. The predicted molar refractivity (Wildman–Crippen MR) is 119 cm³/mol. The Hall–Kier alpha value is -2.45. The van der Waals surface area contributed by atoms with Crippen LogP contribution in [-0.2, 0) is 9.31 Å². The van der Waals surface area contributed by atoms with E-state index in [1.165, 1.54) is 36.4 Å². The van der Waals surface area contributed by atoms with Gasteiger partial charge in [0.25, 0.3) is 5.91 Å². The molecule has 5 nitrogen and oxygen atoms in total. The van der Waals surface area contributed by atoms with Gasteiger partial charge in [0.15, 0.2) is 11.6 Å². The van der Waals surface area contributed by atoms with Gasteiger partial charge in [-0.3, -0.25) is 4.79 Å². The van der Waals surface area contributed by atoms with E-state index in [1.54, 1.807) is 0 Å². The van der Waals surface area contributed by atoms with Crippen LogP contribution in [0.25, 0.3) is 0 Å². The van der Waals surface area contributed by atoms with Gasteiger partial charge in [0.2, 0.25) is 0 Å². The number of ether oxygens (including phenoxy) is 1. The fraction of sp³-hybridized carbons (Fsp3) is 0.458. The number of hydrogen-bond acceptors (Lipinski definition) is 4. The lowest BCUT2D eigenvalue weighted by atomic mass is 9.78. The van der Waals surface area contributed by atoms with Crippen molar-refractivity contribution in [1.29, 1.82) is 0 Å². The van der Waals surface area contributed by atoms with Crippen molar-refractivity contribution < 1.29 is 27.6 Å². The first kappa shape index (κ1) is 22.7. The molecule has 4 rings (SSSR count). The Labute approximate surface area is 187 Å². The first-order valence-corrected chi connectivity index (χ1v) is 10.9. The number of hydrogen-bond donors (Lipinski definition) is 1. The zero-order valence-electron chi connectivity index (χ0n) is 19.0. The molecular formula is C24H28BF2NO4. The third kappa shape index (κ3) is 4.52. The lowest BCUT2D eigenvalue weighted by Gasteiger charge is -2.32. The maximum Gasteiger partial charge on any atom is 0.494 e. The van der Waals surface area contributed by atoms with Crippen LogP contribution in [0.3, 0.4) is 0 Å². The Kier molecular flexibility index (Phi) is 5.80. The van der Waals surface area contributed by atoms with E-state index < -0.39 is 35.9 Å². The molecule has 1 saturated heterocycles. The highest BCUT2D eigenvalue weighted by atomic mass is 19.1. The molecule has 0 spiro atoms. The first-order valence-electron chi connectivity index (χ1n) is 10.9. The SMILES string of the molecule is CC(Oc1ccc(NC(=O)c2cc(B3OC(C)(C)C(C)(C)O3)ccc2F)cc1F)C1CC1. The molecule has 1 unspecified atom stereocenters. The summed E-state index contributed by atoms with van der Waals surface area (Å²) in [6.07, 6.45) is 2.12. The summed E-state index contributed by atoms with van der Waals surface area (Å²) in [6, 6.07) is 8.31. The van der Waals surface area contributed by atoms with Crippen molar-refractivity contribution in [2.45, 2.75) is 64.8 Å². The fourth-order valence-electron chi connectivity index (χ4n) is 3.58. The molecule has 32 heavy (non-hydrogen) atoms. The molecule has 8 heteroatoms. The van der Waals surface area contributed by atoms with E-state index in [0.29, 0.717) is 11.4 Å². The van der Waals surface area contributed by atoms with Crippen molar-refractivity contribution in [3.8, 4) is 5.75 Å². The van der Waals surface area contributed by atoms with Crippen LogP contribution in [0, 0.1) is 17.6 Å². The normalized spacial score (nSPS) is 20.2. The van der Waals surface area contributed by atoms with Crippen LogP contribution >= 0.6 is 0 Å². The molecule has 1 aliphatic carbocycles. The molecular weight excluding hydrogens is 415 g/mol. The maximum atomic E-state index is 14.5. The quantitative estimate of drug-likeness (QED) is 0.659. The van der Waals surface area contributed by atoms with Gasteiger partial charge in [0.05, 0.1) is 22.9 Å². The van der Waals surface area contributed by atoms with Gasteiger partial charge in [0, 0.05) is 11.8 Å². The van der Waals surface area contributed by atoms with Crippen LogP contribution in [0.1, 0.15) is 57.8 Å². The molecule has 1 amide bonds. The standard InChI is InChI=1S/C24H28BF2NO4/c1-14(15-6-7-15)30-21-11-9-17(13-20(21)27)28-22(29)18-12-16(8-10-19(18)26)25-31-23(2,3)24(4,5)32-25/h8-15H,6-7H2,1-5H3,(H,28,29). The van der Waals surface area contributed by atoms with Crippen LogP contribution in [0.4, 0.5) is 14.5 Å². The lowest BCUT2D eigenvalue weighted by molar-refractivity contribution is 0.00578. The van der Waals surface area contributed by atoms with Gasteiger partial charge in [0.1, 0.15) is 5.82 Å². The molecule has 2 aromatic rings. The van der Waals surface area contributed by atoms with Crippen molar-refractivity contribution in [3.63, 3.8) is 0 Å². The van der Waals surface area contributed by atoms with Gasteiger partial charge in [-0.05, 0) is 83.1 Å². The predicted octanol–water partition coefficient (Wildman–Crippen LogP) is 4.69. The number of benzene rings is 2. The number of carbonyl (C=O) groups is 1. The third-order valence-corrected chi connectivity index (χ3v) is 6.55. The Morgan fingerprint density at radius 2 is 1.72 bits per heavy atom. The van der Waals surface area contributed by atoms with Gasteiger partial charge in [-0.2, -0.15) is 0 Å². The molecule has 2 aliphatic rings. The largest absolute Gasteiger partial charge is 0.494 e. The molecule has 1 aliphatic heterocycles. The van der Waals surface area contributed by atoms with Gasteiger partial charge in [-0.15, -0.1) is 0 Å². The lowest BCUT2D eigenvalue weighted by Crippen LogP contribution is -2.41. The number of anilines is 1. The number of amides is 1. The Morgan fingerprint density at radius 3 is 2.31 bits per heavy atom. The summed E-state index contributed by atoms with van der Waals surface area (Å²) in [4.78, 5) is 12.7. The topological polar surface area (TPSA) is 56.8 Å². The second-order valence-electron chi connectivity index (χ2n) is 9.59. The second kappa shape index (κ2) is 8.16. The van der Waals surface area contributed by atoms with Gasteiger partial charge < -0.3 is 19.4 Å². The Balaban J connectivity index is 1.49. The maximum absolute atomic E-state index is 14.5. The molecule has 0 radical (unpaired) electrons. The van der Waals surface area contributed by atoms with Gasteiger partial charge >= 0.3 is 7.12 Å². The monoisotopic (exact) mass is 443 g/mol. The highest BCUT2D eigenvalue weighted by molar-refractivity contribution is 6.62. The molecule has 170 valence electrons. The van der Waals surface area contributed by atoms with Crippen molar-refractivity contribution in [3.05, 3.63) is 53.6 Å². The van der Waals surface area contributed by atoms with Crippen LogP contribution < -0.4 is 15.5 Å². The number of rotatable bonds is 6. The summed E-state index contributed by atoms with van der Waals surface area (Å²) in [5, 5.41) is 2.55. The average Bonchev–Trinajstić information content (AvgIpc) is 3.51. The minimum Gasteiger partial charge on any atom is -0.487 e. The molecule has 1 saturated carbocycles. The Bertz CT molecular complexity index is 1020. The van der Waals surface area contributed by atoms with E-state index in [0.717, 1.165) is 12.8 Å². The molecule has 1 heterocycles. The summed E-state index contributed by atoms with van der Waals surface area (Å²) in [7, 11) is -0.727. The van der Waals surface area contributed by atoms with E-state index in [4.69, 9.17) is 14.0 Å². The minimum atomic E-state index is -0.727. The van der Waals surface area contributed by atoms with Gasteiger partial charge in [-0.1, -0.05) is 6.07 Å². The number of carbonyl (C=O) groups excluding carboxylic acids is 1. The zero-order valence-corrected chi connectivity index (χ0v) is 19.0. The van der Waals surface area contributed by atoms with Crippen LogP contribution in [-0.4, -0.2) is 30.3 Å². The third-order valence-electron chi connectivity index (χ3n) is 6.55. The van der Waals surface area contributed by atoms with Crippen molar-refractivity contribution >= 4 is 24.2 Å². The van der Waals surface area contributed by atoms with Crippen molar-refractivity contribution in [2.75, 3.05) is 5.32 Å². The average molecular weight is 443 g/mol. The van der Waals surface area contributed by atoms with E-state index in [2.05, 4.69) is 5.32 Å². The van der Waals surface area contributed by atoms with Crippen LogP contribution in [0.5, 0.6) is 5.75 Å². The zero-order chi connectivity index (χ0) is 23.3. The molecule has 0 bridgehead atoms. The first-order chi connectivity index (χ1) is 15.0. The number of nitrogens with one attached hydrogen (secondary N) is 1. The molecule has 0 aromatic heterocycles. The highest BCUT2D eigenvalue weighted by Crippen LogP contribution is 2.37. The number of halogens is 2. The molecule has 2 fully saturated rings. The summed E-state index contributed by atoms with van der Waals surface area (Å²) in [6.45, 7) is 9.58. The van der Waals surface area contributed by atoms with Gasteiger partial charge in [-0.25, -0.2) is 8.78 Å². The fourth-order valence-corrected chi connectivity index (χ4v) is 3.58. The molecule has 1 atom stereocenters. The van der Waals surface area contributed by atoms with Crippen LogP contribution in [0.15, 0.2) is 36.4 Å². The summed E-state index contributed by atoms with van der Waals surface area (Å²) < 4.78 is 46.5. The highest BCUT2D eigenvalue weighted by Gasteiger charge is 2.51. The van der Waals surface area contributed by atoms with Crippen molar-refractivity contribution in [1.82, 2.24) is 0 Å².